The first-order valence-electron chi connectivity index (χ1n) is 13.9. The van der Waals surface area contributed by atoms with Crippen LogP contribution in [0.15, 0.2) is 30.3 Å². The van der Waals surface area contributed by atoms with E-state index in [4.69, 9.17) is 5.73 Å². The summed E-state index contributed by atoms with van der Waals surface area (Å²) in [6.45, 7) is 1.86. The second-order valence-corrected chi connectivity index (χ2v) is 11.9. The van der Waals surface area contributed by atoms with Crippen LogP contribution in [-0.2, 0) is 15.0 Å². The summed E-state index contributed by atoms with van der Waals surface area (Å²) in [5, 5.41) is 3.28. The van der Waals surface area contributed by atoms with Gasteiger partial charge in [0.1, 0.15) is 0 Å². The van der Waals surface area contributed by atoms with Crippen molar-refractivity contribution in [2.45, 2.75) is 107 Å². The van der Waals surface area contributed by atoms with Gasteiger partial charge in [-0.15, -0.1) is 0 Å². The zero-order valence-electron chi connectivity index (χ0n) is 20.8. The third kappa shape index (κ3) is 4.91. The Kier molecular flexibility index (Phi) is 7.02. The molecule has 3 saturated carbocycles. The number of nitrogens with two attached hydrogens (primary N) is 1. The average Bonchev–Trinajstić information content (AvgIpc) is 3.39. The van der Waals surface area contributed by atoms with Gasteiger partial charge in [-0.1, -0.05) is 36.8 Å². The second-order valence-electron chi connectivity index (χ2n) is 11.9. The topological polar surface area (TPSA) is 75.4 Å². The summed E-state index contributed by atoms with van der Waals surface area (Å²) in [6, 6.07) is 11.5. The Morgan fingerprint density at radius 2 is 1.71 bits per heavy atom. The van der Waals surface area contributed by atoms with Crippen LogP contribution < -0.4 is 11.1 Å². The Bertz CT molecular complexity index is 859. The highest BCUT2D eigenvalue weighted by molar-refractivity contribution is 5.83. The summed E-state index contributed by atoms with van der Waals surface area (Å²) < 4.78 is 0. The molecular formula is C29H43N3O2. The maximum atomic E-state index is 13.9. The zero-order valence-corrected chi connectivity index (χ0v) is 20.8. The molecule has 5 rings (SSSR count). The lowest BCUT2D eigenvalue weighted by molar-refractivity contribution is -0.150. The first kappa shape index (κ1) is 23.8. The number of hydrogen-bond acceptors (Lipinski definition) is 3. The molecule has 34 heavy (non-hydrogen) atoms. The molecule has 0 spiro atoms. The predicted octanol–water partition coefficient (Wildman–Crippen LogP) is 4.68. The van der Waals surface area contributed by atoms with Crippen molar-refractivity contribution in [1.29, 1.82) is 0 Å². The number of hydrogen-bond donors (Lipinski definition) is 2. The van der Waals surface area contributed by atoms with E-state index in [-0.39, 0.29) is 22.8 Å². The highest BCUT2D eigenvalue weighted by atomic mass is 16.2. The summed E-state index contributed by atoms with van der Waals surface area (Å²) in [4.78, 5) is 28.9. The van der Waals surface area contributed by atoms with E-state index < -0.39 is 0 Å². The Balaban J connectivity index is 1.31. The molecule has 0 aromatic heterocycles. The van der Waals surface area contributed by atoms with Crippen LogP contribution in [0.25, 0.3) is 0 Å². The van der Waals surface area contributed by atoms with Gasteiger partial charge in [0.05, 0.1) is 5.41 Å². The number of benzene rings is 1. The minimum atomic E-state index is -0.239. The van der Waals surface area contributed by atoms with Gasteiger partial charge in [-0.25, -0.2) is 0 Å². The number of amides is 2. The number of nitrogens with zero attached hydrogens (tertiary/aromatic N) is 1. The normalized spacial score (nSPS) is 35.7. The molecule has 2 bridgehead atoms. The Hall–Kier alpha value is -1.88. The maximum absolute atomic E-state index is 13.9. The zero-order chi connectivity index (χ0) is 23.6. The van der Waals surface area contributed by atoms with E-state index in [1.54, 1.807) is 0 Å². The van der Waals surface area contributed by atoms with Crippen molar-refractivity contribution < 1.29 is 9.59 Å². The number of likely N-dealkylation sites (tertiary alicyclic amines) is 1. The number of nitrogens with one attached hydrogen (secondary N) is 1. The Morgan fingerprint density at radius 3 is 2.44 bits per heavy atom. The van der Waals surface area contributed by atoms with Gasteiger partial charge < -0.3 is 16.0 Å². The van der Waals surface area contributed by atoms with Crippen molar-refractivity contribution in [1.82, 2.24) is 10.2 Å². The quantitative estimate of drug-likeness (QED) is 0.640. The van der Waals surface area contributed by atoms with E-state index in [0.29, 0.717) is 24.3 Å². The molecule has 1 heterocycles. The van der Waals surface area contributed by atoms with Gasteiger partial charge in [-0.3, -0.25) is 9.59 Å². The second kappa shape index (κ2) is 10.0. The molecule has 1 aromatic rings. The van der Waals surface area contributed by atoms with Crippen molar-refractivity contribution in [3.8, 4) is 0 Å². The van der Waals surface area contributed by atoms with Crippen LogP contribution in [0.2, 0.25) is 0 Å². The lowest BCUT2D eigenvalue weighted by Crippen LogP contribution is -2.54. The number of carbonyl (C=O) groups excluding carboxylic acids is 2. The van der Waals surface area contributed by atoms with Gasteiger partial charge in [0.15, 0.2) is 0 Å². The molecule has 5 nitrogen and oxygen atoms in total. The van der Waals surface area contributed by atoms with E-state index in [1.807, 2.05) is 0 Å². The average molecular weight is 466 g/mol. The van der Waals surface area contributed by atoms with Crippen LogP contribution in [0.3, 0.4) is 0 Å². The molecule has 3 N–H and O–H groups in total. The molecular weight excluding hydrogens is 422 g/mol. The molecule has 3 aliphatic carbocycles. The van der Waals surface area contributed by atoms with E-state index >= 15 is 0 Å². The van der Waals surface area contributed by atoms with Gasteiger partial charge >= 0.3 is 0 Å². The van der Waals surface area contributed by atoms with Crippen molar-refractivity contribution in [2.75, 3.05) is 13.1 Å². The van der Waals surface area contributed by atoms with E-state index in [1.165, 1.54) is 5.56 Å². The number of fused-ring (bicyclic) bond motifs is 2. The van der Waals surface area contributed by atoms with E-state index in [9.17, 15) is 9.59 Å². The fourth-order valence-electron chi connectivity index (χ4n) is 7.90. The van der Waals surface area contributed by atoms with Crippen molar-refractivity contribution >= 4 is 11.8 Å². The largest absolute Gasteiger partial charge is 0.353 e. The minimum absolute atomic E-state index is 0.0772. The molecule has 1 aliphatic heterocycles. The third-order valence-electron chi connectivity index (χ3n) is 9.50. The Labute approximate surface area is 205 Å². The highest BCUT2D eigenvalue weighted by Gasteiger charge is 2.55. The van der Waals surface area contributed by atoms with Crippen LogP contribution in [0.5, 0.6) is 0 Å². The molecule has 3 unspecified atom stereocenters. The third-order valence-corrected chi connectivity index (χ3v) is 9.50. The SMILES string of the molecule is NC1CCC(NC(=O)CCC2CC3(C(=O)N4CCCC4)CCCC(c4ccccc4)(C2)C3)CC1. The molecule has 1 saturated heterocycles. The molecule has 0 radical (unpaired) electrons. The van der Waals surface area contributed by atoms with Crippen LogP contribution in [0.1, 0.15) is 95.5 Å². The lowest BCUT2D eigenvalue weighted by Gasteiger charge is -2.55. The standard InChI is InChI=1S/C29H43N3O2/c30-24-10-12-25(13-11-24)31-26(33)14-9-22-19-28(23-7-2-1-3-8-23)15-6-16-29(20-22,21-28)27(34)32-17-4-5-18-32/h1-3,7-8,22,24-25H,4-6,9-21,30H2,(H,31,33). The molecule has 3 atom stereocenters. The van der Waals surface area contributed by atoms with Gasteiger partial charge in [0, 0.05) is 31.6 Å². The number of carbonyl (C=O) groups is 2. The summed E-state index contributed by atoms with van der Waals surface area (Å²) in [5.41, 5.74) is 7.27. The molecule has 5 heteroatoms. The fourth-order valence-corrected chi connectivity index (χ4v) is 7.90. The molecule has 4 fully saturated rings. The summed E-state index contributed by atoms with van der Waals surface area (Å²) in [5.74, 6) is 1.02. The van der Waals surface area contributed by atoms with Gasteiger partial charge in [-0.05, 0) is 93.9 Å². The summed E-state index contributed by atoms with van der Waals surface area (Å²) >= 11 is 0. The van der Waals surface area contributed by atoms with Gasteiger partial charge in [-0.2, -0.15) is 0 Å². The molecule has 4 aliphatic rings. The first-order valence-corrected chi connectivity index (χ1v) is 13.9. The smallest absolute Gasteiger partial charge is 0.228 e. The molecule has 1 aromatic carbocycles. The lowest BCUT2D eigenvalue weighted by atomic mass is 9.49. The van der Waals surface area contributed by atoms with E-state index in [2.05, 4.69) is 40.5 Å². The highest BCUT2D eigenvalue weighted by Crippen LogP contribution is 2.59. The summed E-state index contributed by atoms with van der Waals surface area (Å²) in [6.07, 6.45) is 14.1. The number of rotatable bonds is 6. The predicted molar refractivity (Wildman–Crippen MR) is 135 cm³/mol. The van der Waals surface area contributed by atoms with Crippen LogP contribution in [0.4, 0.5) is 0 Å². The molecule has 2 amide bonds. The summed E-state index contributed by atoms with van der Waals surface area (Å²) in [7, 11) is 0. The monoisotopic (exact) mass is 465 g/mol. The van der Waals surface area contributed by atoms with Gasteiger partial charge in [0.2, 0.25) is 11.8 Å². The van der Waals surface area contributed by atoms with Crippen molar-refractivity contribution in [3.63, 3.8) is 0 Å². The Morgan fingerprint density at radius 1 is 0.971 bits per heavy atom. The van der Waals surface area contributed by atoms with Crippen LogP contribution >= 0.6 is 0 Å². The molecule has 186 valence electrons. The minimum Gasteiger partial charge on any atom is -0.353 e. The van der Waals surface area contributed by atoms with Crippen LogP contribution in [0, 0.1) is 11.3 Å². The van der Waals surface area contributed by atoms with E-state index in [0.717, 1.165) is 96.6 Å². The van der Waals surface area contributed by atoms with Gasteiger partial charge in [0.25, 0.3) is 0 Å². The van der Waals surface area contributed by atoms with Crippen molar-refractivity contribution in [3.05, 3.63) is 35.9 Å². The van der Waals surface area contributed by atoms with Crippen molar-refractivity contribution in [2.24, 2.45) is 17.1 Å². The fraction of sp³-hybridized carbons (Fsp3) is 0.724. The van der Waals surface area contributed by atoms with Crippen LogP contribution in [-0.4, -0.2) is 41.9 Å². The maximum Gasteiger partial charge on any atom is 0.228 e. The first-order chi connectivity index (χ1) is 16.5.